The van der Waals surface area contributed by atoms with Crippen molar-refractivity contribution in [1.82, 2.24) is 5.43 Å². The molecule has 2 amide bonds. The van der Waals surface area contributed by atoms with Crippen molar-refractivity contribution >= 4 is 23.2 Å². The van der Waals surface area contributed by atoms with Crippen molar-refractivity contribution in [3.05, 3.63) is 59.9 Å². The Balaban J connectivity index is 1.52. The van der Waals surface area contributed by atoms with E-state index in [0.717, 1.165) is 24.2 Å². The minimum Gasteiger partial charge on any atom is -0.484 e. The number of hydrazone groups is 1. The van der Waals surface area contributed by atoms with Gasteiger partial charge in [-0.05, 0) is 55.3 Å². The molecule has 0 atom stereocenters. The van der Waals surface area contributed by atoms with Gasteiger partial charge in [-0.3, -0.25) is 9.59 Å². The third-order valence-electron chi connectivity index (χ3n) is 4.20. The number of hydrogen-bond donors (Lipinski definition) is 1. The Morgan fingerprint density at radius 2 is 1.89 bits per heavy atom. The lowest BCUT2D eigenvalue weighted by Crippen LogP contribution is -2.25. The molecule has 3 rings (SSSR count). The standard InChI is InChI=1S/C20H20FN3O3/c1-14(15-4-8-17(9-5-15)24-12-2-3-20(24)26)22-23-19(25)13-27-18-10-6-16(21)7-11-18/h4-11H,2-3,12-13H2,1H3,(H,23,25)/b22-14-. The van der Waals surface area contributed by atoms with Crippen molar-refractivity contribution in [2.75, 3.05) is 18.1 Å². The number of ether oxygens (including phenoxy) is 1. The average molecular weight is 369 g/mol. The predicted octanol–water partition coefficient (Wildman–Crippen LogP) is 2.87. The van der Waals surface area contributed by atoms with Gasteiger partial charge in [0, 0.05) is 18.7 Å². The zero-order chi connectivity index (χ0) is 19.2. The van der Waals surface area contributed by atoms with Crippen LogP contribution in [0.4, 0.5) is 10.1 Å². The van der Waals surface area contributed by atoms with Gasteiger partial charge in [0.25, 0.3) is 5.91 Å². The van der Waals surface area contributed by atoms with E-state index in [1.807, 2.05) is 24.3 Å². The van der Waals surface area contributed by atoms with Crippen LogP contribution in [-0.2, 0) is 9.59 Å². The van der Waals surface area contributed by atoms with Gasteiger partial charge < -0.3 is 9.64 Å². The number of nitrogens with one attached hydrogen (secondary N) is 1. The van der Waals surface area contributed by atoms with E-state index in [0.29, 0.717) is 17.9 Å². The van der Waals surface area contributed by atoms with Gasteiger partial charge in [0.05, 0.1) is 5.71 Å². The van der Waals surface area contributed by atoms with Gasteiger partial charge in [0.15, 0.2) is 6.61 Å². The fourth-order valence-electron chi connectivity index (χ4n) is 2.73. The molecule has 140 valence electrons. The number of amides is 2. The van der Waals surface area contributed by atoms with E-state index in [9.17, 15) is 14.0 Å². The maximum absolute atomic E-state index is 12.8. The van der Waals surface area contributed by atoms with Crippen molar-refractivity contribution in [3.8, 4) is 5.75 Å². The molecule has 1 heterocycles. The van der Waals surface area contributed by atoms with Crippen molar-refractivity contribution in [1.29, 1.82) is 0 Å². The molecular formula is C20H20FN3O3. The van der Waals surface area contributed by atoms with Gasteiger partial charge in [-0.25, -0.2) is 9.82 Å². The van der Waals surface area contributed by atoms with Crippen LogP contribution in [0, 0.1) is 5.82 Å². The van der Waals surface area contributed by atoms with E-state index >= 15 is 0 Å². The Labute approximate surface area is 156 Å². The maximum Gasteiger partial charge on any atom is 0.277 e. The molecule has 1 aliphatic rings. The highest BCUT2D eigenvalue weighted by Gasteiger charge is 2.21. The first-order chi connectivity index (χ1) is 13.0. The minimum absolute atomic E-state index is 0.140. The summed E-state index contributed by atoms with van der Waals surface area (Å²) in [6, 6.07) is 12.9. The summed E-state index contributed by atoms with van der Waals surface area (Å²) in [5.74, 6) is -0.244. The molecule has 0 spiro atoms. The number of rotatable bonds is 6. The largest absolute Gasteiger partial charge is 0.484 e. The molecule has 6 nitrogen and oxygen atoms in total. The molecule has 1 N–H and O–H groups in total. The molecule has 2 aromatic rings. The summed E-state index contributed by atoms with van der Waals surface area (Å²) < 4.78 is 18.1. The molecule has 7 heteroatoms. The SMILES string of the molecule is C/C(=N/NC(=O)COc1ccc(F)cc1)c1ccc(N2CCCC2=O)cc1. The average Bonchev–Trinajstić information content (AvgIpc) is 3.11. The smallest absolute Gasteiger partial charge is 0.277 e. The molecular weight excluding hydrogens is 349 g/mol. The highest BCUT2D eigenvalue weighted by Crippen LogP contribution is 2.21. The summed E-state index contributed by atoms with van der Waals surface area (Å²) in [5.41, 5.74) is 4.76. The Morgan fingerprint density at radius 3 is 2.52 bits per heavy atom. The molecule has 2 aromatic carbocycles. The van der Waals surface area contributed by atoms with Crippen LogP contribution in [0.15, 0.2) is 53.6 Å². The van der Waals surface area contributed by atoms with E-state index in [-0.39, 0.29) is 18.3 Å². The molecule has 0 aromatic heterocycles. The van der Waals surface area contributed by atoms with Gasteiger partial charge in [0.2, 0.25) is 5.91 Å². The lowest BCUT2D eigenvalue weighted by Gasteiger charge is -2.15. The van der Waals surface area contributed by atoms with Crippen LogP contribution in [0.5, 0.6) is 5.75 Å². The Bertz CT molecular complexity index is 848. The minimum atomic E-state index is -0.419. The van der Waals surface area contributed by atoms with Crippen LogP contribution in [0.2, 0.25) is 0 Å². The molecule has 1 aliphatic heterocycles. The summed E-state index contributed by atoms with van der Waals surface area (Å²) in [6.07, 6.45) is 1.47. The highest BCUT2D eigenvalue weighted by molar-refractivity contribution is 6.00. The first-order valence-corrected chi connectivity index (χ1v) is 8.65. The third kappa shape index (κ3) is 4.91. The van der Waals surface area contributed by atoms with Crippen molar-refractivity contribution in [2.45, 2.75) is 19.8 Å². The first-order valence-electron chi connectivity index (χ1n) is 8.65. The van der Waals surface area contributed by atoms with E-state index < -0.39 is 5.91 Å². The maximum atomic E-state index is 12.8. The number of benzene rings is 2. The Hall–Kier alpha value is -3.22. The number of halogens is 1. The fourth-order valence-corrected chi connectivity index (χ4v) is 2.73. The monoisotopic (exact) mass is 369 g/mol. The Morgan fingerprint density at radius 1 is 1.19 bits per heavy atom. The first kappa shape index (κ1) is 18.6. The molecule has 0 bridgehead atoms. The molecule has 0 aliphatic carbocycles. The van der Waals surface area contributed by atoms with Gasteiger partial charge in [-0.2, -0.15) is 5.10 Å². The van der Waals surface area contributed by atoms with E-state index in [1.165, 1.54) is 24.3 Å². The summed E-state index contributed by atoms with van der Waals surface area (Å²) >= 11 is 0. The van der Waals surface area contributed by atoms with E-state index in [1.54, 1.807) is 11.8 Å². The zero-order valence-corrected chi connectivity index (χ0v) is 14.9. The van der Waals surface area contributed by atoms with Crippen LogP contribution in [0.3, 0.4) is 0 Å². The van der Waals surface area contributed by atoms with Gasteiger partial charge >= 0.3 is 0 Å². The van der Waals surface area contributed by atoms with Gasteiger partial charge in [-0.1, -0.05) is 12.1 Å². The number of anilines is 1. The summed E-state index contributed by atoms with van der Waals surface area (Å²) in [4.78, 5) is 25.4. The van der Waals surface area contributed by atoms with Crippen LogP contribution in [0.1, 0.15) is 25.3 Å². The molecule has 1 saturated heterocycles. The van der Waals surface area contributed by atoms with Crippen LogP contribution in [0.25, 0.3) is 0 Å². The summed E-state index contributed by atoms with van der Waals surface area (Å²) in [5, 5.41) is 4.06. The summed E-state index contributed by atoms with van der Waals surface area (Å²) in [7, 11) is 0. The molecule has 27 heavy (non-hydrogen) atoms. The normalized spacial score (nSPS) is 14.4. The van der Waals surface area contributed by atoms with Crippen LogP contribution in [-0.4, -0.2) is 30.7 Å². The van der Waals surface area contributed by atoms with Gasteiger partial charge in [-0.15, -0.1) is 0 Å². The van der Waals surface area contributed by atoms with E-state index in [2.05, 4.69) is 10.5 Å². The number of carbonyl (C=O) groups excluding carboxylic acids is 2. The molecule has 1 fully saturated rings. The van der Waals surface area contributed by atoms with Crippen molar-refractivity contribution in [3.63, 3.8) is 0 Å². The quantitative estimate of drug-likeness (QED) is 0.629. The number of hydrogen-bond acceptors (Lipinski definition) is 4. The topological polar surface area (TPSA) is 71.0 Å². The second-order valence-electron chi connectivity index (χ2n) is 6.17. The third-order valence-corrected chi connectivity index (χ3v) is 4.20. The lowest BCUT2D eigenvalue weighted by atomic mass is 10.1. The zero-order valence-electron chi connectivity index (χ0n) is 14.9. The number of nitrogens with zero attached hydrogens (tertiary/aromatic N) is 2. The van der Waals surface area contributed by atoms with E-state index in [4.69, 9.17) is 4.74 Å². The lowest BCUT2D eigenvalue weighted by molar-refractivity contribution is -0.123. The highest BCUT2D eigenvalue weighted by atomic mass is 19.1. The predicted molar refractivity (Wildman–Crippen MR) is 100 cm³/mol. The van der Waals surface area contributed by atoms with Crippen LogP contribution < -0.4 is 15.1 Å². The molecule has 0 saturated carbocycles. The van der Waals surface area contributed by atoms with Crippen molar-refractivity contribution < 1.29 is 18.7 Å². The second kappa shape index (κ2) is 8.44. The van der Waals surface area contributed by atoms with Crippen LogP contribution >= 0.6 is 0 Å². The fraction of sp³-hybridized carbons (Fsp3) is 0.250. The number of carbonyl (C=O) groups is 2. The van der Waals surface area contributed by atoms with Gasteiger partial charge in [0.1, 0.15) is 11.6 Å². The second-order valence-corrected chi connectivity index (χ2v) is 6.17. The Kier molecular flexibility index (Phi) is 5.80. The molecule has 0 unspecified atom stereocenters. The summed E-state index contributed by atoms with van der Waals surface area (Å²) in [6.45, 7) is 2.30. The van der Waals surface area contributed by atoms with Crippen molar-refractivity contribution in [2.24, 2.45) is 5.10 Å². The molecule has 0 radical (unpaired) electrons.